The predicted octanol–water partition coefficient (Wildman–Crippen LogP) is 4.32. The van der Waals surface area contributed by atoms with E-state index in [2.05, 4.69) is 11.2 Å². The Bertz CT molecular complexity index is 1020. The predicted molar refractivity (Wildman–Crippen MR) is 107 cm³/mol. The summed E-state index contributed by atoms with van der Waals surface area (Å²) in [4.78, 5) is 14.9. The van der Waals surface area contributed by atoms with Crippen molar-refractivity contribution >= 4 is 5.91 Å². The van der Waals surface area contributed by atoms with Gasteiger partial charge >= 0.3 is 0 Å². The molecule has 28 heavy (non-hydrogen) atoms. The highest BCUT2D eigenvalue weighted by molar-refractivity contribution is 5.91. The Morgan fingerprint density at radius 2 is 1.86 bits per heavy atom. The summed E-state index contributed by atoms with van der Waals surface area (Å²) in [6.07, 6.45) is 1.63. The summed E-state index contributed by atoms with van der Waals surface area (Å²) in [6.45, 7) is 4.53. The monoisotopic (exact) mass is 377 g/mol. The number of nitrogens with zero attached hydrogens (tertiary/aromatic N) is 3. The minimum Gasteiger partial charge on any atom is -0.341 e. The highest BCUT2D eigenvalue weighted by Crippen LogP contribution is 2.49. The Labute approximate surface area is 164 Å². The fourth-order valence-electron chi connectivity index (χ4n) is 3.91. The van der Waals surface area contributed by atoms with E-state index in [4.69, 9.17) is 0 Å². The average Bonchev–Trinajstić information content (AvgIpc) is 3.41. The van der Waals surface area contributed by atoms with Gasteiger partial charge in [0.15, 0.2) is 0 Å². The summed E-state index contributed by atoms with van der Waals surface area (Å²) in [5.74, 6) is -0.183. The van der Waals surface area contributed by atoms with E-state index in [9.17, 15) is 9.18 Å². The minimum absolute atomic E-state index is 0.0932. The van der Waals surface area contributed by atoms with Crippen molar-refractivity contribution in [2.75, 3.05) is 7.05 Å². The third kappa shape index (κ3) is 3.33. The molecule has 0 aliphatic heterocycles. The fourth-order valence-corrected chi connectivity index (χ4v) is 3.91. The molecule has 1 aromatic heterocycles. The Morgan fingerprint density at radius 3 is 2.46 bits per heavy atom. The van der Waals surface area contributed by atoms with Crippen LogP contribution in [0.2, 0.25) is 0 Å². The number of likely N-dealkylation sites (N-methyl/N-ethyl adjacent to an activating group) is 1. The van der Waals surface area contributed by atoms with Gasteiger partial charge in [-0.15, -0.1) is 0 Å². The second kappa shape index (κ2) is 6.89. The second-order valence-electron chi connectivity index (χ2n) is 7.76. The van der Waals surface area contributed by atoms with Crippen LogP contribution in [0.1, 0.15) is 35.4 Å². The Morgan fingerprint density at radius 1 is 1.14 bits per heavy atom. The van der Waals surface area contributed by atoms with Crippen LogP contribution in [0, 0.1) is 19.7 Å². The fraction of sp³-hybridized carbons (Fsp3) is 0.304. The molecule has 0 N–H and O–H groups in total. The lowest BCUT2D eigenvalue weighted by molar-refractivity contribution is -0.133. The number of aryl methyl sites for hydroxylation is 2. The zero-order chi connectivity index (χ0) is 19.9. The lowest BCUT2D eigenvalue weighted by Crippen LogP contribution is -2.36. The number of amides is 1. The number of benzene rings is 2. The standard InChI is InChI=1S/C23H24FN3O/c1-16-13-17(2)27(25-16)21-6-4-5-18(14-21)15-26(3)22(28)23(11-12-23)19-7-9-20(24)10-8-19/h4-10,13-14H,11-12,15H2,1-3H3. The molecule has 144 valence electrons. The van der Waals surface area contributed by atoms with Gasteiger partial charge in [-0.05, 0) is 68.1 Å². The zero-order valence-electron chi connectivity index (χ0n) is 16.4. The number of halogens is 1. The van der Waals surface area contributed by atoms with Crippen molar-refractivity contribution < 1.29 is 9.18 Å². The summed E-state index contributed by atoms with van der Waals surface area (Å²) >= 11 is 0. The summed E-state index contributed by atoms with van der Waals surface area (Å²) < 4.78 is 15.2. The lowest BCUT2D eigenvalue weighted by Gasteiger charge is -2.24. The van der Waals surface area contributed by atoms with E-state index in [1.807, 2.05) is 49.8 Å². The molecule has 4 nitrogen and oxygen atoms in total. The molecular formula is C23H24FN3O. The van der Waals surface area contributed by atoms with Gasteiger partial charge in [-0.2, -0.15) is 5.10 Å². The van der Waals surface area contributed by atoms with E-state index < -0.39 is 5.41 Å². The Hall–Kier alpha value is -2.95. The van der Waals surface area contributed by atoms with Gasteiger partial charge in [0.2, 0.25) is 5.91 Å². The molecule has 0 spiro atoms. The van der Waals surface area contributed by atoms with Gasteiger partial charge in [-0.3, -0.25) is 4.79 Å². The lowest BCUT2D eigenvalue weighted by atomic mass is 9.94. The molecule has 1 saturated carbocycles. The van der Waals surface area contributed by atoms with Crippen LogP contribution in [0.4, 0.5) is 4.39 Å². The van der Waals surface area contributed by atoms with E-state index in [0.29, 0.717) is 6.54 Å². The van der Waals surface area contributed by atoms with Crippen LogP contribution in [0.15, 0.2) is 54.6 Å². The third-order valence-electron chi connectivity index (χ3n) is 5.49. The first kappa shape index (κ1) is 18.4. The van der Waals surface area contributed by atoms with E-state index in [1.54, 1.807) is 17.0 Å². The maximum Gasteiger partial charge on any atom is 0.233 e. The molecule has 1 heterocycles. The number of carbonyl (C=O) groups is 1. The molecule has 0 saturated heterocycles. The van der Waals surface area contributed by atoms with Crippen molar-refractivity contribution in [2.45, 2.75) is 38.6 Å². The first-order valence-electron chi connectivity index (χ1n) is 9.53. The molecule has 1 aliphatic rings. The maximum absolute atomic E-state index is 13.2. The molecule has 0 atom stereocenters. The van der Waals surface area contributed by atoms with Gasteiger partial charge < -0.3 is 4.90 Å². The Kier molecular flexibility index (Phi) is 4.53. The molecular weight excluding hydrogens is 353 g/mol. The maximum atomic E-state index is 13.2. The van der Waals surface area contributed by atoms with Crippen LogP contribution in [-0.4, -0.2) is 27.6 Å². The van der Waals surface area contributed by atoms with Crippen LogP contribution in [0.3, 0.4) is 0 Å². The van der Waals surface area contributed by atoms with Gasteiger partial charge in [-0.1, -0.05) is 24.3 Å². The normalized spacial score (nSPS) is 14.7. The van der Waals surface area contributed by atoms with E-state index in [-0.39, 0.29) is 11.7 Å². The largest absolute Gasteiger partial charge is 0.341 e. The molecule has 2 aromatic carbocycles. The summed E-state index contributed by atoms with van der Waals surface area (Å²) in [5.41, 5.74) is 4.51. The number of rotatable bonds is 5. The SMILES string of the molecule is Cc1cc(C)n(-c2cccc(CN(C)C(=O)C3(c4ccc(F)cc4)CC3)c2)n1. The van der Waals surface area contributed by atoms with Gasteiger partial charge in [0.1, 0.15) is 5.82 Å². The van der Waals surface area contributed by atoms with Crippen LogP contribution < -0.4 is 0 Å². The highest BCUT2D eigenvalue weighted by atomic mass is 19.1. The quantitative estimate of drug-likeness (QED) is 0.664. The summed E-state index contributed by atoms with van der Waals surface area (Å²) in [7, 11) is 1.84. The van der Waals surface area contributed by atoms with Crippen LogP contribution in [0.25, 0.3) is 5.69 Å². The summed E-state index contributed by atoms with van der Waals surface area (Å²) in [5, 5.41) is 4.54. The minimum atomic E-state index is -0.490. The molecule has 1 aliphatic carbocycles. The van der Waals surface area contributed by atoms with Gasteiger partial charge in [0.05, 0.1) is 16.8 Å². The van der Waals surface area contributed by atoms with Crippen molar-refractivity contribution in [1.82, 2.24) is 14.7 Å². The molecule has 5 heteroatoms. The molecule has 4 rings (SSSR count). The first-order chi connectivity index (χ1) is 13.4. The number of hydrogen-bond donors (Lipinski definition) is 0. The van der Waals surface area contributed by atoms with Gasteiger partial charge in [-0.25, -0.2) is 9.07 Å². The van der Waals surface area contributed by atoms with E-state index >= 15 is 0 Å². The number of carbonyl (C=O) groups excluding carboxylic acids is 1. The first-order valence-corrected chi connectivity index (χ1v) is 9.53. The Balaban J connectivity index is 1.53. The molecule has 0 bridgehead atoms. The smallest absolute Gasteiger partial charge is 0.233 e. The van der Waals surface area contributed by atoms with Crippen molar-refractivity contribution in [3.8, 4) is 5.69 Å². The third-order valence-corrected chi connectivity index (χ3v) is 5.49. The van der Waals surface area contributed by atoms with Crippen molar-refractivity contribution in [2.24, 2.45) is 0 Å². The van der Waals surface area contributed by atoms with Crippen LogP contribution in [-0.2, 0) is 16.8 Å². The van der Waals surface area contributed by atoms with Crippen molar-refractivity contribution in [3.05, 3.63) is 82.9 Å². The number of aromatic nitrogens is 2. The van der Waals surface area contributed by atoms with Gasteiger partial charge in [0, 0.05) is 19.3 Å². The number of hydrogen-bond acceptors (Lipinski definition) is 2. The van der Waals surface area contributed by atoms with Crippen molar-refractivity contribution in [3.63, 3.8) is 0 Å². The zero-order valence-corrected chi connectivity index (χ0v) is 16.4. The van der Waals surface area contributed by atoms with Gasteiger partial charge in [0.25, 0.3) is 0 Å². The summed E-state index contributed by atoms with van der Waals surface area (Å²) in [6, 6.07) is 16.5. The highest BCUT2D eigenvalue weighted by Gasteiger charge is 2.52. The van der Waals surface area contributed by atoms with E-state index in [0.717, 1.165) is 41.0 Å². The molecule has 1 fully saturated rings. The topological polar surface area (TPSA) is 38.1 Å². The van der Waals surface area contributed by atoms with Crippen molar-refractivity contribution in [1.29, 1.82) is 0 Å². The molecule has 0 radical (unpaired) electrons. The molecule has 1 amide bonds. The second-order valence-corrected chi connectivity index (χ2v) is 7.76. The van der Waals surface area contributed by atoms with E-state index in [1.165, 1.54) is 12.1 Å². The molecule has 3 aromatic rings. The van der Waals surface area contributed by atoms with Crippen LogP contribution >= 0.6 is 0 Å². The molecule has 0 unspecified atom stereocenters. The van der Waals surface area contributed by atoms with Crippen LogP contribution in [0.5, 0.6) is 0 Å². The average molecular weight is 377 g/mol.